The van der Waals surface area contributed by atoms with Crippen LogP contribution in [0.2, 0.25) is 0 Å². The van der Waals surface area contributed by atoms with Gasteiger partial charge in [-0.3, -0.25) is 4.90 Å². The van der Waals surface area contributed by atoms with Gasteiger partial charge in [0.2, 0.25) is 0 Å². The Bertz CT molecular complexity index is 287. The van der Waals surface area contributed by atoms with Gasteiger partial charge in [0.15, 0.2) is 0 Å². The second kappa shape index (κ2) is 9.42. The lowest BCUT2D eigenvalue weighted by atomic mass is 10.0. The minimum absolute atomic E-state index is 0.785. The molecule has 136 valence electrons. The molecule has 2 atom stereocenters. The first-order chi connectivity index (χ1) is 11.0. The molecule has 0 aromatic rings. The van der Waals surface area contributed by atoms with Crippen LogP contribution in [0.4, 0.5) is 0 Å². The van der Waals surface area contributed by atoms with Crippen molar-refractivity contribution >= 4 is 0 Å². The Morgan fingerprint density at radius 1 is 0.609 bits per heavy atom. The summed E-state index contributed by atoms with van der Waals surface area (Å²) in [5, 5.41) is 0. The molecule has 0 spiro atoms. The molecular formula is C21H42N2. The maximum Gasteiger partial charge on any atom is 0.0101 e. The van der Waals surface area contributed by atoms with Crippen LogP contribution in [-0.2, 0) is 0 Å². The highest BCUT2D eigenvalue weighted by molar-refractivity contribution is 4.93. The number of rotatable bonds is 1. The van der Waals surface area contributed by atoms with Crippen molar-refractivity contribution in [1.82, 2.24) is 9.80 Å². The summed E-state index contributed by atoms with van der Waals surface area (Å²) in [7, 11) is 0. The van der Waals surface area contributed by atoms with Gasteiger partial charge in [0.25, 0.3) is 0 Å². The normalized spacial score (nSPS) is 30.9. The molecule has 4 heterocycles. The van der Waals surface area contributed by atoms with E-state index < -0.39 is 0 Å². The van der Waals surface area contributed by atoms with Crippen molar-refractivity contribution in [1.29, 1.82) is 0 Å². The third-order valence-electron chi connectivity index (χ3n) is 5.83. The Morgan fingerprint density at radius 3 is 1.39 bits per heavy atom. The van der Waals surface area contributed by atoms with E-state index >= 15 is 0 Å². The molecule has 4 rings (SSSR count). The Balaban J connectivity index is 0.000000141. The van der Waals surface area contributed by atoms with Gasteiger partial charge in [0.05, 0.1) is 0 Å². The van der Waals surface area contributed by atoms with Gasteiger partial charge in [0.1, 0.15) is 0 Å². The predicted octanol–water partition coefficient (Wildman–Crippen LogP) is 5.32. The summed E-state index contributed by atoms with van der Waals surface area (Å²) in [5.41, 5.74) is 0. The third kappa shape index (κ3) is 5.74. The summed E-state index contributed by atoms with van der Waals surface area (Å²) >= 11 is 0. The van der Waals surface area contributed by atoms with E-state index in [0.717, 1.165) is 30.1 Å². The molecule has 2 nitrogen and oxygen atoms in total. The van der Waals surface area contributed by atoms with Crippen molar-refractivity contribution in [3.63, 3.8) is 0 Å². The monoisotopic (exact) mass is 322 g/mol. The van der Waals surface area contributed by atoms with E-state index in [-0.39, 0.29) is 0 Å². The van der Waals surface area contributed by atoms with E-state index in [1.165, 1.54) is 70.9 Å². The highest BCUT2D eigenvalue weighted by Crippen LogP contribution is 2.36. The van der Waals surface area contributed by atoms with Crippen LogP contribution in [0.3, 0.4) is 0 Å². The van der Waals surface area contributed by atoms with E-state index in [9.17, 15) is 0 Å². The SMILES string of the molecule is C1CC2CCCN2C1.CC(C)C.CC(C)N1C2CCCC1CC2. The third-order valence-corrected chi connectivity index (χ3v) is 5.83. The molecule has 4 aliphatic rings. The van der Waals surface area contributed by atoms with Gasteiger partial charge in [0, 0.05) is 24.2 Å². The summed E-state index contributed by atoms with van der Waals surface area (Å²) in [5.74, 6) is 0.833. The van der Waals surface area contributed by atoms with Crippen LogP contribution in [0.1, 0.15) is 92.4 Å². The van der Waals surface area contributed by atoms with Crippen LogP contribution < -0.4 is 0 Å². The summed E-state index contributed by atoms with van der Waals surface area (Å²) in [4.78, 5) is 5.39. The first kappa shape index (κ1) is 19.2. The summed E-state index contributed by atoms with van der Waals surface area (Å²) in [6.45, 7) is 14.0. The van der Waals surface area contributed by atoms with Gasteiger partial charge in [-0.2, -0.15) is 0 Å². The van der Waals surface area contributed by atoms with Gasteiger partial charge in [-0.05, 0) is 84.2 Å². The quantitative estimate of drug-likeness (QED) is 0.645. The van der Waals surface area contributed by atoms with E-state index in [1.807, 2.05) is 0 Å². The predicted molar refractivity (Wildman–Crippen MR) is 102 cm³/mol. The summed E-state index contributed by atoms with van der Waals surface area (Å²) < 4.78 is 0. The molecule has 4 fully saturated rings. The molecule has 2 bridgehead atoms. The number of hydrogen-bond donors (Lipinski definition) is 0. The fraction of sp³-hybridized carbons (Fsp3) is 1.00. The van der Waals surface area contributed by atoms with Gasteiger partial charge >= 0.3 is 0 Å². The maximum absolute atomic E-state index is 2.75. The van der Waals surface area contributed by atoms with Crippen molar-refractivity contribution in [3.8, 4) is 0 Å². The molecule has 4 aliphatic heterocycles. The van der Waals surface area contributed by atoms with Crippen LogP contribution in [0.5, 0.6) is 0 Å². The molecule has 0 N–H and O–H groups in total. The fourth-order valence-corrected chi connectivity index (χ4v) is 5.05. The molecule has 0 saturated carbocycles. The first-order valence-electron chi connectivity index (χ1n) is 10.5. The Kier molecular flexibility index (Phi) is 7.88. The second-order valence-corrected chi connectivity index (χ2v) is 9.06. The molecule has 4 saturated heterocycles. The largest absolute Gasteiger partial charge is 0.300 e. The zero-order valence-corrected chi connectivity index (χ0v) is 16.6. The summed E-state index contributed by atoms with van der Waals surface area (Å²) in [6.07, 6.45) is 13.3. The van der Waals surface area contributed by atoms with Crippen LogP contribution in [0.15, 0.2) is 0 Å². The van der Waals surface area contributed by atoms with Gasteiger partial charge in [-0.25, -0.2) is 0 Å². The van der Waals surface area contributed by atoms with Crippen molar-refractivity contribution < 1.29 is 0 Å². The van der Waals surface area contributed by atoms with Gasteiger partial charge < -0.3 is 4.90 Å². The van der Waals surface area contributed by atoms with Crippen LogP contribution in [0.25, 0.3) is 0 Å². The zero-order chi connectivity index (χ0) is 16.8. The minimum Gasteiger partial charge on any atom is -0.300 e. The standard InChI is InChI=1S/C10H19N.C7H13N.C4H10/c1-8(2)11-9-4-3-5-10(11)7-6-9;1-3-7-4-2-6-8(7)5-1;1-4(2)3/h8-10H,3-7H2,1-2H3;7H,1-6H2;4H,1-3H3. The molecule has 2 heteroatoms. The highest BCUT2D eigenvalue weighted by atomic mass is 15.2. The number of nitrogens with zero attached hydrogens (tertiary/aromatic N) is 2. The fourth-order valence-electron chi connectivity index (χ4n) is 5.05. The Labute approximate surface area is 146 Å². The van der Waals surface area contributed by atoms with Crippen molar-refractivity contribution in [2.24, 2.45) is 5.92 Å². The van der Waals surface area contributed by atoms with Crippen LogP contribution in [-0.4, -0.2) is 47.1 Å². The lowest BCUT2D eigenvalue weighted by Crippen LogP contribution is -2.43. The van der Waals surface area contributed by atoms with E-state index in [4.69, 9.17) is 0 Å². The van der Waals surface area contributed by atoms with Gasteiger partial charge in [-0.15, -0.1) is 0 Å². The molecule has 2 unspecified atom stereocenters. The van der Waals surface area contributed by atoms with Crippen molar-refractivity contribution in [2.75, 3.05) is 13.1 Å². The number of fused-ring (bicyclic) bond motifs is 3. The lowest BCUT2D eigenvalue weighted by Gasteiger charge is -2.37. The molecule has 0 aromatic carbocycles. The summed E-state index contributed by atoms with van der Waals surface area (Å²) in [6, 6.07) is 3.70. The van der Waals surface area contributed by atoms with Gasteiger partial charge in [-0.1, -0.05) is 27.2 Å². The average molecular weight is 323 g/mol. The number of hydrogen-bond acceptors (Lipinski definition) is 2. The van der Waals surface area contributed by atoms with Crippen molar-refractivity contribution in [3.05, 3.63) is 0 Å². The average Bonchev–Trinajstić information content (AvgIpc) is 3.13. The van der Waals surface area contributed by atoms with Crippen LogP contribution in [0, 0.1) is 5.92 Å². The Morgan fingerprint density at radius 2 is 1.04 bits per heavy atom. The molecule has 0 radical (unpaired) electrons. The molecule has 23 heavy (non-hydrogen) atoms. The van der Waals surface area contributed by atoms with Crippen molar-refractivity contribution in [2.45, 2.75) is 117 Å². The smallest absolute Gasteiger partial charge is 0.0101 e. The van der Waals surface area contributed by atoms with Crippen LogP contribution >= 0.6 is 0 Å². The van der Waals surface area contributed by atoms with E-state index in [2.05, 4.69) is 44.4 Å². The Hall–Kier alpha value is -0.0800. The minimum atomic E-state index is 0.785. The number of piperidine rings is 1. The van der Waals surface area contributed by atoms with E-state index in [0.29, 0.717) is 0 Å². The molecule has 0 amide bonds. The first-order valence-corrected chi connectivity index (χ1v) is 10.5. The maximum atomic E-state index is 2.75. The highest BCUT2D eigenvalue weighted by Gasteiger charge is 2.37. The molecular weight excluding hydrogens is 280 g/mol. The zero-order valence-electron chi connectivity index (χ0n) is 16.6. The lowest BCUT2D eigenvalue weighted by molar-refractivity contribution is 0.104. The topological polar surface area (TPSA) is 6.48 Å². The molecule has 0 aromatic heterocycles. The van der Waals surface area contributed by atoms with E-state index in [1.54, 1.807) is 0 Å². The molecule has 0 aliphatic carbocycles. The second-order valence-electron chi connectivity index (χ2n) is 9.06.